The van der Waals surface area contributed by atoms with Crippen molar-refractivity contribution in [3.05, 3.63) is 63.3 Å². The summed E-state index contributed by atoms with van der Waals surface area (Å²) in [5.74, 6) is -0.457. The molecule has 0 radical (unpaired) electrons. The van der Waals surface area contributed by atoms with E-state index in [-0.39, 0.29) is 29.4 Å². The van der Waals surface area contributed by atoms with Gasteiger partial charge in [0.15, 0.2) is 0 Å². The van der Waals surface area contributed by atoms with E-state index in [0.717, 1.165) is 28.2 Å². The lowest BCUT2D eigenvalue weighted by atomic mass is 10.0. The van der Waals surface area contributed by atoms with Gasteiger partial charge in [-0.3, -0.25) is 10.1 Å². The molecule has 0 aliphatic carbocycles. The lowest BCUT2D eigenvalue weighted by Gasteiger charge is -2.27. The van der Waals surface area contributed by atoms with Crippen molar-refractivity contribution < 1.29 is 27.6 Å². The van der Waals surface area contributed by atoms with Gasteiger partial charge in [-0.15, -0.1) is 0 Å². The monoisotopic (exact) mass is 445 g/mol. The molecule has 31 heavy (non-hydrogen) atoms. The predicted octanol–water partition coefficient (Wildman–Crippen LogP) is 2.62. The van der Waals surface area contributed by atoms with Crippen molar-refractivity contribution in [2.24, 2.45) is 0 Å². The van der Waals surface area contributed by atoms with Crippen molar-refractivity contribution in [3.63, 3.8) is 0 Å². The summed E-state index contributed by atoms with van der Waals surface area (Å²) in [6.07, 6.45) is 0.425. The van der Waals surface area contributed by atoms with Gasteiger partial charge in [0.2, 0.25) is 10.0 Å². The van der Waals surface area contributed by atoms with E-state index in [0.29, 0.717) is 12.0 Å². The molecule has 3 aromatic rings. The van der Waals surface area contributed by atoms with Gasteiger partial charge in [0, 0.05) is 48.2 Å². The highest BCUT2D eigenvalue weighted by molar-refractivity contribution is 7.89. The Kier molecular flexibility index (Phi) is 5.15. The molecule has 162 valence electrons. The summed E-state index contributed by atoms with van der Waals surface area (Å²) >= 11 is 0. The second kappa shape index (κ2) is 7.67. The highest BCUT2D eigenvalue weighted by Crippen LogP contribution is 2.35. The van der Waals surface area contributed by atoms with E-state index in [1.54, 1.807) is 18.2 Å². The number of sulfonamides is 1. The largest absolute Gasteiger partial charge is 0.495 e. The predicted molar refractivity (Wildman–Crippen MR) is 111 cm³/mol. The number of methoxy groups -OCH3 is 2. The first-order valence-corrected chi connectivity index (χ1v) is 10.7. The normalized spacial score (nSPS) is 14.3. The van der Waals surface area contributed by atoms with Gasteiger partial charge in [-0.1, -0.05) is 0 Å². The van der Waals surface area contributed by atoms with Gasteiger partial charge in [-0.05, 0) is 29.8 Å². The van der Waals surface area contributed by atoms with Crippen molar-refractivity contribution in [2.45, 2.75) is 17.9 Å². The number of aromatic nitrogens is 1. The van der Waals surface area contributed by atoms with Gasteiger partial charge in [0.1, 0.15) is 10.6 Å². The number of nitrogens with one attached hydrogen (secondary N) is 1. The number of rotatable bonds is 5. The Labute approximate surface area is 177 Å². The van der Waals surface area contributed by atoms with Crippen molar-refractivity contribution in [1.29, 1.82) is 0 Å². The number of aromatic amines is 1. The highest BCUT2D eigenvalue weighted by atomic mass is 32.2. The zero-order valence-electron chi connectivity index (χ0n) is 16.7. The topological polar surface area (TPSA) is 132 Å². The molecule has 0 unspecified atom stereocenters. The summed E-state index contributed by atoms with van der Waals surface area (Å²) in [6, 6.07) is 8.53. The second-order valence-corrected chi connectivity index (χ2v) is 8.92. The standard InChI is InChI=1S/C20H19N3O7S/c1-29-18-6-4-13(23(25)26)10-19(18)31(27,28)22-8-7-17-15(11-22)14-9-12(20(24)30-2)3-5-16(14)21-17/h3-6,9-10,21H,7-8,11H2,1-2H3. The van der Waals surface area contributed by atoms with Crippen LogP contribution < -0.4 is 4.74 Å². The summed E-state index contributed by atoms with van der Waals surface area (Å²) in [4.78, 5) is 25.4. The molecule has 0 amide bonds. The van der Waals surface area contributed by atoms with Crippen LogP contribution >= 0.6 is 0 Å². The molecule has 0 atom stereocenters. The molecule has 0 fully saturated rings. The van der Waals surface area contributed by atoms with Gasteiger partial charge < -0.3 is 14.5 Å². The first-order valence-electron chi connectivity index (χ1n) is 9.30. The van der Waals surface area contributed by atoms with Crippen LogP contribution in [-0.2, 0) is 27.7 Å². The van der Waals surface area contributed by atoms with Crippen LogP contribution in [0.3, 0.4) is 0 Å². The molecule has 4 rings (SSSR count). The lowest BCUT2D eigenvalue weighted by Crippen LogP contribution is -2.36. The quantitative estimate of drug-likeness (QED) is 0.363. The third kappa shape index (κ3) is 3.51. The fourth-order valence-electron chi connectivity index (χ4n) is 3.76. The molecule has 1 aliphatic rings. The number of nitro benzene ring substituents is 1. The molecule has 10 nitrogen and oxygen atoms in total. The van der Waals surface area contributed by atoms with Gasteiger partial charge in [-0.2, -0.15) is 4.31 Å². The minimum atomic E-state index is -4.08. The van der Waals surface area contributed by atoms with Crippen molar-refractivity contribution >= 4 is 32.6 Å². The van der Waals surface area contributed by atoms with Crippen LogP contribution in [0, 0.1) is 10.1 Å². The number of hydrogen-bond donors (Lipinski definition) is 1. The number of esters is 1. The van der Waals surface area contributed by atoms with E-state index < -0.39 is 20.9 Å². The number of fused-ring (bicyclic) bond motifs is 3. The van der Waals surface area contributed by atoms with Crippen LogP contribution in [0.4, 0.5) is 5.69 Å². The minimum absolute atomic E-state index is 0.0308. The Morgan fingerprint density at radius 1 is 1.19 bits per heavy atom. The van der Waals surface area contributed by atoms with E-state index in [1.165, 1.54) is 30.7 Å². The number of H-pyrrole nitrogens is 1. The van der Waals surface area contributed by atoms with E-state index in [9.17, 15) is 23.3 Å². The molecule has 0 bridgehead atoms. The Hall–Kier alpha value is -3.44. The van der Waals surface area contributed by atoms with Gasteiger partial charge >= 0.3 is 5.97 Å². The Morgan fingerprint density at radius 2 is 1.97 bits per heavy atom. The van der Waals surface area contributed by atoms with E-state index in [4.69, 9.17) is 9.47 Å². The van der Waals surface area contributed by atoms with E-state index in [1.807, 2.05) is 0 Å². The summed E-state index contributed by atoms with van der Waals surface area (Å²) < 4.78 is 37.9. The summed E-state index contributed by atoms with van der Waals surface area (Å²) in [5, 5.41) is 11.9. The number of ether oxygens (including phenoxy) is 2. The number of carbonyl (C=O) groups excluding carboxylic acids is 1. The van der Waals surface area contributed by atoms with Gasteiger partial charge in [-0.25, -0.2) is 13.2 Å². The first-order chi connectivity index (χ1) is 14.8. The summed E-state index contributed by atoms with van der Waals surface area (Å²) in [7, 11) is -1.48. The SMILES string of the molecule is COC(=O)c1ccc2[nH]c3c(c2c1)CN(S(=O)(=O)c1cc([N+](=O)[O-])ccc1OC)CC3. The fraction of sp³-hybridized carbons (Fsp3) is 0.250. The van der Waals surface area contributed by atoms with Crippen molar-refractivity contribution in [2.75, 3.05) is 20.8 Å². The molecule has 1 aromatic heterocycles. The molecule has 11 heteroatoms. The number of hydrogen-bond acceptors (Lipinski definition) is 7. The third-order valence-electron chi connectivity index (χ3n) is 5.34. The summed E-state index contributed by atoms with van der Waals surface area (Å²) in [6.45, 7) is 0.242. The van der Waals surface area contributed by atoms with Gasteiger partial charge in [0.25, 0.3) is 5.69 Å². The number of nitro groups is 1. The maximum atomic E-state index is 13.4. The Bertz CT molecular complexity index is 1310. The van der Waals surface area contributed by atoms with Crippen molar-refractivity contribution in [1.82, 2.24) is 9.29 Å². The minimum Gasteiger partial charge on any atom is -0.495 e. The molecule has 0 spiro atoms. The lowest BCUT2D eigenvalue weighted by molar-refractivity contribution is -0.385. The maximum Gasteiger partial charge on any atom is 0.337 e. The van der Waals surface area contributed by atoms with Crippen LogP contribution in [0.15, 0.2) is 41.3 Å². The number of benzene rings is 2. The molecule has 1 N–H and O–H groups in total. The maximum absolute atomic E-state index is 13.4. The van der Waals surface area contributed by atoms with Crippen LogP contribution in [-0.4, -0.2) is 49.4 Å². The van der Waals surface area contributed by atoms with E-state index >= 15 is 0 Å². The number of nitrogens with zero attached hydrogens (tertiary/aromatic N) is 2. The van der Waals surface area contributed by atoms with Crippen LogP contribution in [0.5, 0.6) is 5.75 Å². The zero-order chi connectivity index (χ0) is 22.3. The average Bonchev–Trinajstić information content (AvgIpc) is 3.15. The summed E-state index contributed by atoms with van der Waals surface area (Å²) in [5.41, 5.74) is 2.43. The van der Waals surface area contributed by atoms with Crippen molar-refractivity contribution in [3.8, 4) is 5.75 Å². The molecule has 2 heterocycles. The second-order valence-electron chi connectivity index (χ2n) is 7.01. The Balaban J connectivity index is 1.77. The molecular formula is C20H19N3O7S. The van der Waals surface area contributed by atoms with E-state index in [2.05, 4.69) is 4.98 Å². The zero-order valence-corrected chi connectivity index (χ0v) is 17.6. The average molecular weight is 445 g/mol. The molecule has 2 aromatic carbocycles. The van der Waals surface area contributed by atoms with Crippen LogP contribution in [0.25, 0.3) is 10.9 Å². The molecule has 0 saturated heterocycles. The molecule has 1 aliphatic heterocycles. The fourth-order valence-corrected chi connectivity index (χ4v) is 5.34. The van der Waals surface area contributed by atoms with Gasteiger partial charge in [0.05, 0.1) is 24.7 Å². The third-order valence-corrected chi connectivity index (χ3v) is 7.20. The molecular weight excluding hydrogens is 426 g/mol. The van der Waals surface area contributed by atoms with Crippen LogP contribution in [0.2, 0.25) is 0 Å². The number of carbonyl (C=O) groups is 1. The van der Waals surface area contributed by atoms with Crippen LogP contribution in [0.1, 0.15) is 21.6 Å². The smallest absolute Gasteiger partial charge is 0.337 e. The number of non-ortho nitro benzene ring substituents is 1. The molecule has 0 saturated carbocycles. The Morgan fingerprint density at radius 3 is 2.65 bits per heavy atom. The highest BCUT2D eigenvalue weighted by Gasteiger charge is 2.33. The first kappa shape index (κ1) is 20.8.